The predicted molar refractivity (Wildman–Crippen MR) is 109 cm³/mol. The van der Waals surface area contributed by atoms with Crippen molar-refractivity contribution in [3.63, 3.8) is 0 Å². The van der Waals surface area contributed by atoms with Gasteiger partial charge < -0.3 is 20.4 Å². The van der Waals surface area contributed by atoms with Crippen LogP contribution in [0, 0.1) is 0 Å². The molecule has 130 valence electrons. The normalized spacial score (nSPS) is 11.1. The molecular weight excluding hydrogens is 342 g/mol. The number of nitrogens with one attached hydrogen (secondary N) is 1. The molecule has 2 aromatic carbocycles. The third-order valence-corrected chi connectivity index (χ3v) is 4.83. The average molecular weight is 361 g/mol. The molecule has 0 saturated carbocycles. The Bertz CT molecular complexity index is 1080. The maximum atomic E-state index is 9.52. The van der Waals surface area contributed by atoms with Crippen molar-refractivity contribution in [1.29, 1.82) is 0 Å². The molecule has 0 unspecified atom stereocenters. The number of nitrogens with two attached hydrogens (primary N) is 1. The molecule has 4 N–H and O–H groups in total. The second-order valence-electron chi connectivity index (χ2n) is 6.32. The van der Waals surface area contributed by atoms with Gasteiger partial charge in [0.05, 0.1) is 13.2 Å². The van der Waals surface area contributed by atoms with Crippen molar-refractivity contribution in [3.8, 4) is 11.1 Å². The molecule has 4 aromatic rings. The van der Waals surface area contributed by atoms with E-state index in [1.165, 1.54) is 0 Å². The zero-order valence-corrected chi connectivity index (χ0v) is 15.0. The summed E-state index contributed by atoms with van der Waals surface area (Å²) in [7, 11) is 0. The number of aromatic nitrogens is 2. The van der Waals surface area contributed by atoms with E-state index in [2.05, 4.69) is 33.9 Å². The van der Waals surface area contributed by atoms with Crippen molar-refractivity contribution < 1.29 is 5.11 Å². The van der Waals surface area contributed by atoms with Crippen LogP contribution < -0.4 is 5.73 Å². The maximum Gasteiger partial charge on any atom is 0.104 e. The van der Waals surface area contributed by atoms with Crippen molar-refractivity contribution in [2.75, 3.05) is 0 Å². The molecule has 0 saturated heterocycles. The Morgan fingerprint density at radius 3 is 2.73 bits per heavy atom. The lowest BCUT2D eigenvalue weighted by Gasteiger charge is -2.05. The topological polar surface area (TPSA) is 67.0 Å². The van der Waals surface area contributed by atoms with E-state index in [4.69, 9.17) is 18.0 Å². The summed E-state index contributed by atoms with van der Waals surface area (Å²) in [6.07, 6.45) is 4.07. The summed E-state index contributed by atoms with van der Waals surface area (Å²) in [6.45, 7) is 0.753. The average Bonchev–Trinajstić information content (AvgIpc) is 3.30. The monoisotopic (exact) mass is 361 g/mol. The van der Waals surface area contributed by atoms with Crippen LogP contribution in [0.3, 0.4) is 0 Å². The first-order valence-electron chi connectivity index (χ1n) is 8.41. The SMILES string of the molecule is NC(=S)c1cccc(-c2cn(Cc3ccc[nH]3)c3cc(CO)ccc23)c1. The number of benzene rings is 2. The van der Waals surface area contributed by atoms with Crippen LogP contribution in [0.25, 0.3) is 22.0 Å². The van der Waals surface area contributed by atoms with Crippen LogP contribution in [0.4, 0.5) is 0 Å². The van der Waals surface area contributed by atoms with Crippen molar-refractivity contribution in [2.45, 2.75) is 13.2 Å². The van der Waals surface area contributed by atoms with Gasteiger partial charge in [-0.25, -0.2) is 0 Å². The van der Waals surface area contributed by atoms with Crippen LogP contribution in [0.1, 0.15) is 16.8 Å². The minimum atomic E-state index is 0.0237. The maximum absolute atomic E-state index is 9.52. The Balaban J connectivity index is 1.89. The van der Waals surface area contributed by atoms with Crippen molar-refractivity contribution in [3.05, 3.63) is 83.8 Å². The lowest BCUT2D eigenvalue weighted by atomic mass is 10.0. The molecule has 0 atom stereocenters. The molecule has 0 spiro atoms. The van der Waals surface area contributed by atoms with E-state index >= 15 is 0 Å². The van der Waals surface area contributed by atoms with Crippen LogP contribution in [0.5, 0.6) is 0 Å². The van der Waals surface area contributed by atoms with E-state index in [0.717, 1.165) is 45.4 Å². The molecule has 0 amide bonds. The van der Waals surface area contributed by atoms with Gasteiger partial charge in [0.1, 0.15) is 4.99 Å². The smallest absolute Gasteiger partial charge is 0.104 e. The van der Waals surface area contributed by atoms with E-state index in [1.54, 1.807) is 0 Å². The predicted octanol–water partition coefficient (Wildman–Crippen LogP) is 3.81. The number of aliphatic hydroxyl groups is 1. The molecule has 0 fully saturated rings. The molecule has 4 rings (SSSR count). The lowest BCUT2D eigenvalue weighted by molar-refractivity contribution is 0.282. The van der Waals surface area contributed by atoms with Gasteiger partial charge in [0.15, 0.2) is 0 Å². The minimum Gasteiger partial charge on any atom is -0.392 e. The standard InChI is InChI=1S/C21H19N3OS/c22-21(26)16-4-1-3-15(10-16)19-12-24(11-17-5-2-8-23-17)20-9-14(13-25)6-7-18(19)20/h1-10,12,23,25H,11,13H2,(H2,22,26). The molecule has 2 aromatic heterocycles. The van der Waals surface area contributed by atoms with Gasteiger partial charge in [-0.05, 0) is 35.4 Å². The molecule has 4 nitrogen and oxygen atoms in total. The summed E-state index contributed by atoms with van der Waals surface area (Å²) in [5.41, 5.74) is 12.0. The lowest BCUT2D eigenvalue weighted by Crippen LogP contribution is -2.08. The molecule has 0 radical (unpaired) electrons. The number of thiocarbonyl (C=S) groups is 1. The molecular formula is C21H19N3OS. The Morgan fingerprint density at radius 2 is 2.00 bits per heavy atom. The number of aliphatic hydroxyl groups excluding tert-OH is 1. The second kappa shape index (κ2) is 6.78. The highest BCUT2D eigenvalue weighted by Crippen LogP contribution is 2.32. The van der Waals surface area contributed by atoms with Gasteiger partial charge in [0, 0.05) is 40.1 Å². The van der Waals surface area contributed by atoms with Crippen LogP contribution in [-0.2, 0) is 13.2 Å². The van der Waals surface area contributed by atoms with E-state index in [1.807, 2.05) is 42.6 Å². The van der Waals surface area contributed by atoms with Gasteiger partial charge in [-0.1, -0.05) is 42.5 Å². The zero-order valence-electron chi connectivity index (χ0n) is 14.1. The Morgan fingerprint density at radius 1 is 1.12 bits per heavy atom. The number of hydrogen-bond donors (Lipinski definition) is 3. The summed E-state index contributed by atoms with van der Waals surface area (Å²) in [4.78, 5) is 3.64. The molecule has 0 bridgehead atoms. The number of fused-ring (bicyclic) bond motifs is 1. The van der Waals surface area contributed by atoms with Crippen LogP contribution in [0.15, 0.2) is 67.0 Å². The first-order chi connectivity index (χ1) is 12.7. The number of aromatic amines is 1. The van der Waals surface area contributed by atoms with Crippen LogP contribution >= 0.6 is 12.2 Å². The van der Waals surface area contributed by atoms with Gasteiger partial charge in [-0.15, -0.1) is 0 Å². The van der Waals surface area contributed by atoms with Crippen LogP contribution in [-0.4, -0.2) is 19.6 Å². The fourth-order valence-electron chi connectivity index (χ4n) is 3.29. The van der Waals surface area contributed by atoms with Crippen molar-refractivity contribution >= 4 is 28.1 Å². The summed E-state index contributed by atoms with van der Waals surface area (Å²) in [5, 5.41) is 10.7. The highest BCUT2D eigenvalue weighted by atomic mass is 32.1. The third-order valence-electron chi connectivity index (χ3n) is 4.59. The highest BCUT2D eigenvalue weighted by molar-refractivity contribution is 7.80. The van der Waals surface area contributed by atoms with Gasteiger partial charge in [0.25, 0.3) is 0 Å². The van der Waals surface area contributed by atoms with Crippen molar-refractivity contribution in [2.24, 2.45) is 5.73 Å². The van der Waals surface area contributed by atoms with Gasteiger partial charge >= 0.3 is 0 Å². The number of hydrogen-bond acceptors (Lipinski definition) is 2. The molecule has 2 heterocycles. The van der Waals surface area contributed by atoms with E-state index in [-0.39, 0.29) is 6.61 Å². The van der Waals surface area contributed by atoms with Gasteiger partial charge in [-0.2, -0.15) is 0 Å². The molecule has 26 heavy (non-hydrogen) atoms. The fourth-order valence-corrected chi connectivity index (χ4v) is 3.41. The molecule has 0 aliphatic carbocycles. The molecule has 5 heteroatoms. The first kappa shape index (κ1) is 16.6. The second-order valence-corrected chi connectivity index (χ2v) is 6.76. The van der Waals surface area contributed by atoms with Gasteiger partial charge in [-0.3, -0.25) is 0 Å². The summed E-state index contributed by atoms with van der Waals surface area (Å²) >= 11 is 5.12. The van der Waals surface area contributed by atoms with E-state index in [0.29, 0.717) is 4.99 Å². The highest BCUT2D eigenvalue weighted by Gasteiger charge is 2.12. The quantitative estimate of drug-likeness (QED) is 0.474. The number of rotatable bonds is 5. The summed E-state index contributed by atoms with van der Waals surface area (Å²) < 4.78 is 2.20. The Hall–Kier alpha value is -2.89. The fraction of sp³-hybridized carbons (Fsp3) is 0.0952. The van der Waals surface area contributed by atoms with Gasteiger partial charge in [0.2, 0.25) is 0 Å². The van der Waals surface area contributed by atoms with E-state index < -0.39 is 0 Å². The molecule has 0 aliphatic heterocycles. The first-order valence-corrected chi connectivity index (χ1v) is 8.81. The number of nitrogens with zero attached hydrogens (tertiary/aromatic N) is 1. The minimum absolute atomic E-state index is 0.0237. The van der Waals surface area contributed by atoms with E-state index in [9.17, 15) is 5.11 Å². The van der Waals surface area contributed by atoms with Crippen molar-refractivity contribution in [1.82, 2.24) is 9.55 Å². The summed E-state index contributed by atoms with van der Waals surface area (Å²) in [6, 6.07) is 18.1. The molecule has 0 aliphatic rings. The zero-order chi connectivity index (χ0) is 18.1. The Labute approximate surface area is 156 Å². The Kier molecular flexibility index (Phi) is 4.32. The summed E-state index contributed by atoms with van der Waals surface area (Å²) in [5.74, 6) is 0. The number of H-pyrrole nitrogens is 1. The third kappa shape index (κ3) is 3.03. The largest absolute Gasteiger partial charge is 0.392 e. The van der Waals surface area contributed by atoms with Crippen LogP contribution in [0.2, 0.25) is 0 Å².